The van der Waals surface area contributed by atoms with E-state index in [4.69, 9.17) is 5.48 Å². The molecule has 0 aliphatic heterocycles. The molecule has 0 saturated heterocycles. The maximum absolute atomic E-state index is 13.1. The highest BCUT2D eigenvalue weighted by Gasteiger charge is 2.13. The fourth-order valence-electron chi connectivity index (χ4n) is 2.31. The molecule has 0 spiro atoms. The lowest BCUT2D eigenvalue weighted by molar-refractivity contribution is 0.0942. The molecule has 3 aromatic rings. The molecule has 0 aliphatic rings. The smallest absolute Gasteiger partial charge is 0.270 e. The van der Waals surface area contributed by atoms with Crippen LogP contribution in [0.5, 0.6) is 0 Å². The van der Waals surface area contributed by atoms with Gasteiger partial charge in [0.25, 0.3) is 11.8 Å². The summed E-state index contributed by atoms with van der Waals surface area (Å²) in [5, 5.41) is 4.27. The lowest BCUT2D eigenvalue weighted by atomic mass is 10.1. The van der Waals surface area contributed by atoms with Crippen molar-refractivity contribution in [1.82, 2.24) is 20.6 Å². The van der Waals surface area contributed by atoms with Crippen LogP contribution >= 0.6 is 0 Å². The average Bonchev–Trinajstić information content (AvgIpc) is 2.79. The van der Waals surface area contributed by atoms with E-state index in [9.17, 15) is 18.8 Å². The number of carbonyl (C=O) groups excluding carboxylic acids is 3. The summed E-state index contributed by atoms with van der Waals surface area (Å²) in [7, 11) is 0. The highest BCUT2D eigenvalue weighted by molar-refractivity contribution is 5.97. The van der Waals surface area contributed by atoms with Crippen molar-refractivity contribution in [2.24, 2.45) is 0 Å². The number of aromatic nitrogens is 2. The third kappa shape index (κ3) is 5.54. The number of carbonyl (C=O) groups is 3. The van der Waals surface area contributed by atoms with Crippen LogP contribution in [0.1, 0.15) is 54.9 Å². The van der Waals surface area contributed by atoms with Gasteiger partial charge in [-0.05, 0) is 30.2 Å². The van der Waals surface area contributed by atoms with Crippen molar-refractivity contribution < 1.29 is 24.3 Å². The van der Waals surface area contributed by atoms with Crippen LogP contribution in [0.4, 0.5) is 4.39 Å². The molecule has 8 heteroatoms. The van der Waals surface area contributed by atoms with E-state index in [2.05, 4.69) is 20.6 Å². The van der Waals surface area contributed by atoms with Gasteiger partial charge in [-0.3, -0.25) is 14.4 Å². The van der Waals surface area contributed by atoms with E-state index in [1.54, 1.807) is 0 Å². The summed E-state index contributed by atoms with van der Waals surface area (Å²) in [5.74, 6) is -2.66. The summed E-state index contributed by atoms with van der Waals surface area (Å²) in [6.45, 7) is -3.30. The molecule has 0 aliphatic carbocycles. The zero-order chi connectivity index (χ0) is 25.1. The average molecular weight is 410 g/mol. The molecular formula is C22H19FN4O3. The normalized spacial score (nSPS) is 13.3. The van der Waals surface area contributed by atoms with Gasteiger partial charge in [0.15, 0.2) is 5.78 Å². The molecule has 0 unspecified atom stereocenters. The molecule has 3 rings (SSSR count). The Hall–Kier alpha value is -3.94. The second-order valence-electron chi connectivity index (χ2n) is 6.09. The molecule has 152 valence electrons. The van der Waals surface area contributed by atoms with Gasteiger partial charge in [-0.15, -0.1) is 0 Å². The van der Waals surface area contributed by atoms with Gasteiger partial charge in [-0.25, -0.2) is 14.4 Å². The Bertz CT molecular complexity index is 1240. The van der Waals surface area contributed by atoms with Crippen molar-refractivity contribution in [3.63, 3.8) is 0 Å². The highest BCUT2D eigenvalue weighted by atomic mass is 19.1. The van der Waals surface area contributed by atoms with Crippen molar-refractivity contribution in [3.05, 3.63) is 94.8 Å². The molecule has 2 aromatic carbocycles. The topological polar surface area (TPSA) is 101 Å². The van der Waals surface area contributed by atoms with Crippen LogP contribution in [-0.2, 0) is 13.0 Å². The minimum absolute atomic E-state index is 0.00161. The van der Waals surface area contributed by atoms with Crippen LogP contribution in [0.15, 0.2) is 60.9 Å². The quantitative estimate of drug-likeness (QED) is 0.583. The van der Waals surface area contributed by atoms with Gasteiger partial charge in [-0.1, -0.05) is 36.4 Å². The Kier molecular flexibility index (Phi) is 5.05. The van der Waals surface area contributed by atoms with E-state index in [1.807, 2.05) is 0 Å². The largest absolute Gasteiger partial charge is 0.347 e. The Morgan fingerprint density at radius 2 is 1.33 bits per heavy atom. The molecule has 1 heterocycles. The first-order valence-corrected chi connectivity index (χ1v) is 8.74. The van der Waals surface area contributed by atoms with Crippen LogP contribution in [0.2, 0.25) is 0 Å². The lowest BCUT2D eigenvalue weighted by Gasteiger charge is -2.07. The van der Waals surface area contributed by atoms with Gasteiger partial charge in [-0.2, -0.15) is 0 Å². The zero-order valence-corrected chi connectivity index (χ0v) is 15.8. The van der Waals surface area contributed by atoms with Crippen LogP contribution < -0.4 is 10.6 Å². The number of nitrogens with one attached hydrogen (secondary N) is 2. The van der Waals surface area contributed by atoms with E-state index in [1.165, 1.54) is 43.3 Å². The van der Waals surface area contributed by atoms with Crippen LogP contribution in [0, 0.1) is 5.82 Å². The summed E-state index contributed by atoms with van der Waals surface area (Å²) in [6, 6.07) is 11.1. The summed E-state index contributed by atoms with van der Waals surface area (Å²) in [6.07, 6.45) is 0.911. The van der Waals surface area contributed by atoms with Crippen LogP contribution in [-0.4, -0.2) is 27.6 Å². The number of nitrogens with zero attached hydrogens (tertiary/aromatic N) is 2. The Balaban J connectivity index is 1.74. The molecule has 0 atom stereocenters. The van der Waals surface area contributed by atoms with Crippen molar-refractivity contribution in [3.8, 4) is 0 Å². The zero-order valence-electron chi connectivity index (χ0n) is 19.8. The van der Waals surface area contributed by atoms with E-state index in [0.717, 1.165) is 24.5 Å². The van der Waals surface area contributed by atoms with E-state index >= 15 is 0 Å². The molecule has 2 amide bonds. The number of hydrogen-bond acceptors (Lipinski definition) is 5. The number of ketones is 1. The molecule has 7 nitrogen and oxygen atoms in total. The Morgan fingerprint density at radius 3 is 1.80 bits per heavy atom. The molecular weight excluding hydrogens is 387 g/mol. The first kappa shape index (κ1) is 15.9. The van der Waals surface area contributed by atoms with Gasteiger partial charge in [0.2, 0.25) is 0 Å². The first-order chi connectivity index (χ1) is 15.9. The van der Waals surface area contributed by atoms with E-state index < -0.39 is 30.6 Å². The number of halogens is 1. The minimum atomic E-state index is -2.36. The summed E-state index contributed by atoms with van der Waals surface area (Å²) < 4.78 is 45.4. The summed E-state index contributed by atoms with van der Waals surface area (Å²) >= 11 is 0. The monoisotopic (exact) mass is 410 g/mol. The fourth-order valence-corrected chi connectivity index (χ4v) is 2.31. The molecule has 0 fully saturated rings. The van der Waals surface area contributed by atoms with Gasteiger partial charge < -0.3 is 10.6 Å². The van der Waals surface area contributed by atoms with Gasteiger partial charge in [0, 0.05) is 24.6 Å². The minimum Gasteiger partial charge on any atom is -0.347 e. The number of rotatable bonds is 7. The van der Waals surface area contributed by atoms with Gasteiger partial charge >= 0.3 is 0 Å². The molecule has 0 bridgehead atoms. The highest BCUT2D eigenvalue weighted by Crippen LogP contribution is 2.06. The number of hydrogen-bond donors (Lipinski definition) is 2. The van der Waals surface area contributed by atoms with Crippen molar-refractivity contribution in [2.45, 2.75) is 19.9 Å². The molecule has 1 aromatic heterocycles. The summed E-state index contributed by atoms with van der Waals surface area (Å²) in [5.41, 5.74) is -0.189. The molecule has 0 radical (unpaired) electrons. The first-order valence-electron chi connectivity index (χ1n) is 10.7. The number of Topliss-reactive ketones (excluding diaryl/α,β-unsaturated/α-hetero) is 1. The van der Waals surface area contributed by atoms with Gasteiger partial charge in [0.05, 0.1) is 5.48 Å². The Labute approximate surface area is 178 Å². The lowest BCUT2D eigenvalue weighted by Crippen LogP contribution is -2.27. The van der Waals surface area contributed by atoms with Crippen molar-refractivity contribution in [1.29, 1.82) is 0 Å². The van der Waals surface area contributed by atoms with E-state index in [0.29, 0.717) is 5.56 Å². The summed E-state index contributed by atoms with van der Waals surface area (Å²) in [4.78, 5) is 44.0. The predicted octanol–water partition coefficient (Wildman–Crippen LogP) is 2.68. The SMILES string of the molecule is [2H]C([2H])(NC(=O)c1cc(C(=O)NC([2H])([2H])c2ccc(C(C)=O)cc2)ncn1)c1ccc(F)cc1. The van der Waals surface area contributed by atoms with Crippen LogP contribution in [0.3, 0.4) is 0 Å². The second-order valence-corrected chi connectivity index (χ2v) is 6.09. The number of amides is 2. The molecule has 0 saturated carbocycles. The van der Waals surface area contributed by atoms with Crippen LogP contribution in [0.25, 0.3) is 0 Å². The Morgan fingerprint density at radius 1 is 0.867 bits per heavy atom. The number of benzene rings is 2. The maximum atomic E-state index is 13.1. The third-order valence-electron chi connectivity index (χ3n) is 3.91. The van der Waals surface area contributed by atoms with Crippen molar-refractivity contribution in [2.75, 3.05) is 0 Å². The third-order valence-corrected chi connectivity index (χ3v) is 3.91. The fraction of sp³-hybridized carbons (Fsp3) is 0.136. The second kappa shape index (κ2) is 9.51. The maximum Gasteiger partial charge on any atom is 0.270 e. The van der Waals surface area contributed by atoms with Crippen molar-refractivity contribution >= 4 is 17.6 Å². The molecule has 2 N–H and O–H groups in total. The molecule has 30 heavy (non-hydrogen) atoms. The standard InChI is InChI=1S/C22H19FN4O3/c1-14(28)17-6-2-15(3-7-17)11-24-21(29)19-10-20(27-13-26-19)22(30)25-12-16-4-8-18(23)9-5-16/h2-10,13H,11-12H2,1H3,(H,24,29)(H,25,30)/i11D2,12D2. The van der Waals surface area contributed by atoms with Gasteiger partial charge in [0.1, 0.15) is 23.5 Å². The van der Waals surface area contributed by atoms with E-state index in [-0.39, 0.29) is 28.3 Å². The predicted molar refractivity (Wildman–Crippen MR) is 107 cm³/mol.